The van der Waals surface area contributed by atoms with Crippen LogP contribution in [0.25, 0.3) is 0 Å². The van der Waals surface area contributed by atoms with E-state index < -0.39 is 16.0 Å². The molecule has 0 aliphatic carbocycles. The molecule has 1 saturated heterocycles. The van der Waals surface area contributed by atoms with Crippen LogP contribution in [0.4, 0.5) is 0 Å². The fourth-order valence-electron chi connectivity index (χ4n) is 2.59. The van der Waals surface area contributed by atoms with Crippen molar-refractivity contribution < 1.29 is 31.8 Å². The summed E-state index contributed by atoms with van der Waals surface area (Å²) in [5.41, 5.74) is 0.706. The Bertz CT molecular complexity index is 867. The van der Waals surface area contributed by atoms with Crippen LogP contribution in [-0.2, 0) is 19.5 Å². The first-order valence-electron chi connectivity index (χ1n) is 8.50. The Labute approximate surface area is 157 Å². The monoisotopic (exact) mass is 395 g/mol. The van der Waals surface area contributed by atoms with Crippen LogP contribution < -0.4 is 4.74 Å². The van der Waals surface area contributed by atoms with Crippen molar-refractivity contribution in [1.29, 1.82) is 0 Å². The molecule has 2 heterocycles. The standard InChI is InChI=1S/C18H21NO7S/c1-14-6-9-25-17(14)18(20)26-13-12-24-15-2-4-16(5-3-15)27(21,22)19-7-10-23-11-8-19/h2-6,9H,7-8,10-13H2,1H3. The molecule has 9 heteroatoms. The molecule has 1 fully saturated rings. The second-order valence-corrected chi connectivity index (χ2v) is 7.84. The number of esters is 1. The van der Waals surface area contributed by atoms with Gasteiger partial charge in [-0.1, -0.05) is 0 Å². The van der Waals surface area contributed by atoms with Crippen LogP contribution in [0.15, 0.2) is 45.9 Å². The molecule has 2 aromatic rings. The molecule has 0 radical (unpaired) electrons. The van der Waals surface area contributed by atoms with E-state index in [2.05, 4.69) is 0 Å². The Balaban J connectivity index is 1.49. The molecule has 3 rings (SSSR count). The zero-order valence-corrected chi connectivity index (χ0v) is 15.7. The normalized spacial score (nSPS) is 15.4. The lowest BCUT2D eigenvalue weighted by Crippen LogP contribution is -2.40. The lowest BCUT2D eigenvalue weighted by molar-refractivity contribution is 0.0414. The van der Waals surface area contributed by atoms with E-state index >= 15 is 0 Å². The quantitative estimate of drug-likeness (QED) is 0.521. The molecule has 0 N–H and O–H groups in total. The summed E-state index contributed by atoms with van der Waals surface area (Å²) in [7, 11) is -3.53. The molecular formula is C18H21NO7S. The van der Waals surface area contributed by atoms with Gasteiger partial charge in [0, 0.05) is 18.7 Å². The highest BCUT2D eigenvalue weighted by Crippen LogP contribution is 2.20. The maximum absolute atomic E-state index is 12.5. The van der Waals surface area contributed by atoms with Gasteiger partial charge in [0.1, 0.15) is 19.0 Å². The molecular weight excluding hydrogens is 374 g/mol. The average molecular weight is 395 g/mol. The predicted octanol–water partition coefficient (Wildman–Crippen LogP) is 1.84. The number of morpholine rings is 1. The van der Waals surface area contributed by atoms with E-state index in [0.29, 0.717) is 37.6 Å². The van der Waals surface area contributed by atoms with Crippen molar-refractivity contribution in [2.24, 2.45) is 0 Å². The van der Waals surface area contributed by atoms with Crippen LogP contribution in [0.1, 0.15) is 16.1 Å². The Morgan fingerprint density at radius 2 is 1.81 bits per heavy atom. The first-order chi connectivity index (χ1) is 13.0. The molecule has 0 saturated carbocycles. The van der Waals surface area contributed by atoms with Crippen LogP contribution in [-0.4, -0.2) is 58.2 Å². The highest BCUT2D eigenvalue weighted by atomic mass is 32.2. The van der Waals surface area contributed by atoms with Gasteiger partial charge in [-0.2, -0.15) is 4.31 Å². The number of benzene rings is 1. The van der Waals surface area contributed by atoms with Crippen LogP contribution in [0.2, 0.25) is 0 Å². The lowest BCUT2D eigenvalue weighted by Gasteiger charge is -2.26. The highest BCUT2D eigenvalue weighted by molar-refractivity contribution is 7.89. The first-order valence-corrected chi connectivity index (χ1v) is 9.94. The number of rotatable bonds is 7. The van der Waals surface area contributed by atoms with Crippen LogP contribution in [0, 0.1) is 6.92 Å². The van der Waals surface area contributed by atoms with Gasteiger partial charge in [-0.15, -0.1) is 0 Å². The molecule has 146 valence electrons. The van der Waals surface area contributed by atoms with Crippen molar-refractivity contribution in [1.82, 2.24) is 4.31 Å². The molecule has 1 aromatic carbocycles. The number of ether oxygens (including phenoxy) is 3. The van der Waals surface area contributed by atoms with Gasteiger partial charge < -0.3 is 18.6 Å². The predicted molar refractivity (Wildman–Crippen MR) is 95.2 cm³/mol. The average Bonchev–Trinajstić information content (AvgIpc) is 3.12. The third-order valence-electron chi connectivity index (χ3n) is 4.06. The smallest absolute Gasteiger partial charge is 0.374 e. The molecule has 0 spiro atoms. The summed E-state index contributed by atoms with van der Waals surface area (Å²) in [6.45, 7) is 3.44. The van der Waals surface area contributed by atoms with E-state index in [-0.39, 0.29) is 23.9 Å². The summed E-state index contributed by atoms with van der Waals surface area (Å²) < 4.78 is 47.3. The third-order valence-corrected chi connectivity index (χ3v) is 5.98. The van der Waals surface area contributed by atoms with Crippen molar-refractivity contribution in [3.05, 3.63) is 47.9 Å². The molecule has 8 nitrogen and oxygen atoms in total. The number of furan rings is 1. The van der Waals surface area contributed by atoms with Crippen molar-refractivity contribution in [3.8, 4) is 5.75 Å². The van der Waals surface area contributed by atoms with Gasteiger partial charge in [0.05, 0.1) is 24.4 Å². The number of sulfonamides is 1. The summed E-state index contributed by atoms with van der Waals surface area (Å²) in [5.74, 6) is 0.113. The van der Waals surface area contributed by atoms with E-state index in [9.17, 15) is 13.2 Å². The van der Waals surface area contributed by atoms with E-state index in [1.54, 1.807) is 25.1 Å². The fourth-order valence-corrected chi connectivity index (χ4v) is 3.99. The molecule has 27 heavy (non-hydrogen) atoms. The highest BCUT2D eigenvalue weighted by Gasteiger charge is 2.26. The molecule has 0 amide bonds. The van der Waals surface area contributed by atoms with Crippen molar-refractivity contribution in [2.45, 2.75) is 11.8 Å². The van der Waals surface area contributed by atoms with Crippen LogP contribution in [0.3, 0.4) is 0 Å². The maximum Gasteiger partial charge on any atom is 0.374 e. The minimum atomic E-state index is -3.53. The Morgan fingerprint density at radius 1 is 1.11 bits per heavy atom. The lowest BCUT2D eigenvalue weighted by atomic mass is 10.3. The molecule has 1 aliphatic rings. The molecule has 0 bridgehead atoms. The van der Waals surface area contributed by atoms with Gasteiger partial charge in [-0.05, 0) is 37.3 Å². The summed E-state index contributed by atoms with van der Waals surface area (Å²) in [6.07, 6.45) is 1.43. The summed E-state index contributed by atoms with van der Waals surface area (Å²) >= 11 is 0. The number of carbonyl (C=O) groups excluding carboxylic acids is 1. The Morgan fingerprint density at radius 3 is 2.44 bits per heavy atom. The summed E-state index contributed by atoms with van der Waals surface area (Å²) in [5, 5.41) is 0. The zero-order chi connectivity index (χ0) is 19.3. The van der Waals surface area contributed by atoms with E-state index in [1.807, 2.05) is 0 Å². The van der Waals surface area contributed by atoms with Crippen molar-refractivity contribution in [3.63, 3.8) is 0 Å². The van der Waals surface area contributed by atoms with Crippen LogP contribution >= 0.6 is 0 Å². The maximum atomic E-state index is 12.5. The topological polar surface area (TPSA) is 95.3 Å². The number of carbonyl (C=O) groups is 1. The second kappa shape index (κ2) is 8.55. The van der Waals surface area contributed by atoms with Crippen LogP contribution in [0.5, 0.6) is 5.75 Å². The Hall–Kier alpha value is -2.36. The van der Waals surface area contributed by atoms with Crippen molar-refractivity contribution in [2.75, 3.05) is 39.5 Å². The second-order valence-electron chi connectivity index (χ2n) is 5.90. The number of aryl methyl sites for hydroxylation is 1. The minimum absolute atomic E-state index is 0.0484. The van der Waals surface area contributed by atoms with Crippen molar-refractivity contribution >= 4 is 16.0 Å². The fraction of sp³-hybridized carbons (Fsp3) is 0.389. The van der Waals surface area contributed by atoms with Gasteiger partial charge in [-0.25, -0.2) is 13.2 Å². The van der Waals surface area contributed by atoms with Gasteiger partial charge in [0.2, 0.25) is 15.8 Å². The molecule has 0 atom stereocenters. The van der Waals surface area contributed by atoms with Gasteiger partial charge in [-0.3, -0.25) is 0 Å². The SMILES string of the molecule is Cc1ccoc1C(=O)OCCOc1ccc(S(=O)(=O)N2CCOCC2)cc1. The van der Waals surface area contributed by atoms with E-state index in [4.69, 9.17) is 18.6 Å². The molecule has 0 unspecified atom stereocenters. The minimum Gasteiger partial charge on any atom is -0.490 e. The van der Waals surface area contributed by atoms with Gasteiger partial charge in [0.15, 0.2) is 0 Å². The van der Waals surface area contributed by atoms with Gasteiger partial charge in [0.25, 0.3) is 0 Å². The van der Waals surface area contributed by atoms with Gasteiger partial charge >= 0.3 is 5.97 Å². The number of nitrogens with zero attached hydrogens (tertiary/aromatic N) is 1. The van der Waals surface area contributed by atoms with E-state index in [0.717, 1.165) is 0 Å². The number of hydrogen-bond donors (Lipinski definition) is 0. The first kappa shape index (κ1) is 19.4. The molecule has 1 aliphatic heterocycles. The largest absolute Gasteiger partial charge is 0.490 e. The summed E-state index contributed by atoms with van der Waals surface area (Å²) in [6, 6.07) is 7.83. The Kier molecular flexibility index (Phi) is 6.15. The van der Waals surface area contributed by atoms with E-state index in [1.165, 1.54) is 22.7 Å². The number of hydrogen-bond acceptors (Lipinski definition) is 7. The summed E-state index contributed by atoms with van der Waals surface area (Å²) in [4.78, 5) is 12.0. The third kappa shape index (κ3) is 4.68. The zero-order valence-electron chi connectivity index (χ0n) is 14.9. The molecule has 1 aromatic heterocycles.